The second-order valence-electron chi connectivity index (χ2n) is 4.21. The Labute approximate surface area is 112 Å². The van der Waals surface area contributed by atoms with Crippen molar-refractivity contribution in [3.8, 4) is 11.5 Å². The summed E-state index contributed by atoms with van der Waals surface area (Å²) in [6, 6.07) is 12.6. The summed E-state index contributed by atoms with van der Waals surface area (Å²) in [6.07, 6.45) is 0. The van der Waals surface area contributed by atoms with Crippen molar-refractivity contribution < 1.29 is 14.3 Å². The van der Waals surface area contributed by atoms with Crippen molar-refractivity contribution in [3.05, 3.63) is 59.2 Å². The molecule has 0 N–H and O–H groups in total. The molecular formula is C16H16O3. The summed E-state index contributed by atoms with van der Waals surface area (Å²) < 4.78 is 10.5. The molecule has 0 fully saturated rings. The van der Waals surface area contributed by atoms with Crippen LogP contribution in [0.3, 0.4) is 0 Å². The Balaban J connectivity index is 2.44. The molecule has 3 heteroatoms. The number of carbonyl (C=O) groups is 1. The van der Waals surface area contributed by atoms with Gasteiger partial charge in [0.25, 0.3) is 0 Å². The normalized spacial score (nSPS) is 10.1. The first-order valence-corrected chi connectivity index (χ1v) is 5.99. The fourth-order valence-corrected chi connectivity index (χ4v) is 1.95. The Hall–Kier alpha value is -2.29. The first-order valence-electron chi connectivity index (χ1n) is 5.99. The molecule has 0 saturated carbocycles. The van der Waals surface area contributed by atoms with Gasteiger partial charge in [-0.1, -0.05) is 24.3 Å². The first-order chi connectivity index (χ1) is 9.17. The van der Waals surface area contributed by atoms with E-state index in [0.717, 1.165) is 5.56 Å². The van der Waals surface area contributed by atoms with Crippen molar-refractivity contribution >= 4 is 5.78 Å². The van der Waals surface area contributed by atoms with E-state index in [2.05, 4.69) is 0 Å². The van der Waals surface area contributed by atoms with Crippen LogP contribution in [0.5, 0.6) is 11.5 Å². The van der Waals surface area contributed by atoms with Crippen molar-refractivity contribution in [2.24, 2.45) is 0 Å². The summed E-state index contributed by atoms with van der Waals surface area (Å²) >= 11 is 0. The summed E-state index contributed by atoms with van der Waals surface area (Å²) in [5.74, 6) is 1.21. The monoisotopic (exact) mass is 256 g/mol. The number of hydrogen-bond acceptors (Lipinski definition) is 3. The lowest BCUT2D eigenvalue weighted by Crippen LogP contribution is -2.04. The van der Waals surface area contributed by atoms with E-state index in [0.29, 0.717) is 22.6 Å². The number of hydrogen-bond donors (Lipinski definition) is 0. The molecule has 0 spiro atoms. The molecular weight excluding hydrogens is 240 g/mol. The van der Waals surface area contributed by atoms with Gasteiger partial charge in [-0.05, 0) is 30.7 Å². The van der Waals surface area contributed by atoms with Crippen LogP contribution in [0.4, 0.5) is 0 Å². The summed E-state index contributed by atoms with van der Waals surface area (Å²) in [7, 11) is 3.15. The van der Waals surface area contributed by atoms with E-state index in [1.54, 1.807) is 38.5 Å². The lowest BCUT2D eigenvalue weighted by molar-refractivity contribution is 0.103. The smallest absolute Gasteiger partial charge is 0.196 e. The van der Waals surface area contributed by atoms with Gasteiger partial charge in [-0.15, -0.1) is 0 Å². The molecule has 0 saturated heterocycles. The fraction of sp³-hybridized carbons (Fsp3) is 0.188. The molecule has 0 amide bonds. The Morgan fingerprint density at radius 3 is 2.32 bits per heavy atom. The molecule has 0 unspecified atom stereocenters. The number of para-hydroxylation sites is 1. The van der Waals surface area contributed by atoms with Crippen LogP contribution in [0.25, 0.3) is 0 Å². The van der Waals surface area contributed by atoms with Crippen molar-refractivity contribution in [1.82, 2.24) is 0 Å². The van der Waals surface area contributed by atoms with Gasteiger partial charge in [0.1, 0.15) is 11.5 Å². The predicted octanol–water partition coefficient (Wildman–Crippen LogP) is 3.24. The Kier molecular flexibility index (Phi) is 3.85. The van der Waals surface area contributed by atoms with Crippen molar-refractivity contribution in [2.45, 2.75) is 6.92 Å². The molecule has 0 radical (unpaired) electrons. The summed E-state index contributed by atoms with van der Waals surface area (Å²) in [6.45, 7) is 1.94. The Bertz CT molecular complexity index is 603. The molecule has 0 aromatic heterocycles. The molecule has 0 heterocycles. The van der Waals surface area contributed by atoms with Crippen molar-refractivity contribution in [1.29, 1.82) is 0 Å². The van der Waals surface area contributed by atoms with Gasteiger partial charge in [0.2, 0.25) is 0 Å². The minimum Gasteiger partial charge on any atom is -0.496 e. The third-order valence-corrected chi connectivity index (χ3v) is 3.02. The second kappa shape index (κ2) is 5.57. The lowest BCUT2D eigenvalue weighted by Gasteiger charge is -2.09. The second-order valence-corrected chi connectivity index (χ2v) is 4.21. The third-order valence-electron chi connectivity index (χ3n) is 3.02. The molecule has 3 nitrogen and oxygen atoms in total. The van der Waals surface area contributed by atoms with Gasteiger partial charge in [-0.2, -0.15) is 0 Å². The number of benzene rings is 2. The predicted molar refractivity (Wildman–Crippen MR) is 74.2 cm³/mol. The Morgan fingerprint density at radius 2 is 1.63 bits per heavy atom. The summed E-state index contributed by atoms with van der Waals surface area (Å²) in [5.41, 5.74) is 2.14. The minimum atomic E-state index is -0.0734. The standard InChI is InChI=1S/C16H16O3/c1-11-8-9-12(10-15(11)19-3)16(17)13-6-4-5-7-14(13)18-2/h4-10H,1-3H3. The van der Waals surface area contributed by atoms with E-state index in [1.807, 2.05) is 25.1 Å². The van der Waals surface area contributed by atoms with Crippen LogP contribution in [0.1, 0.15) is 21.5 Å². The topological polar surface area (TPSA) is 35.5 Å². The highest BCUT2D eigenvalue weighted by Gasteiger charge is 2.15. The molecule has 2 aromatic carbocycles. The molecule has 0 aliphatic carbocycles. The number of aryl methyl sites for hydroxylation is 1. The van der Waals surface area contributed by atoms with Crippen LogP contribution in [0, 0.1) is 6.92 Å². The number of methoxy groups -OCH3 is 2. The highest BCUT2D eigenvalue weighted by Crippen LogP contribution is 2.24. The van der Waals surface area contributed by atoms with Crippen LogP contribution in [-0.2, 0) is 0 Å². The average molecular weight is 256 g/mol. The van der Waals surface area contributed by atoms with E-state index in [9.17, 15) is 4.79 Å². The number of carbonyl (C=O) groups excluding carboxylic acids is 1. The molecule has 19 heavy (non-hydrogen) atoms. The molecule has 0 aliphatic heterocycles. The Morgan fingerprint density at radius 1 is 0.947 bits per heavy atom. The fourth-order valence-electron chi connectivity index (χ4n) is 1.95. The zero-order valence-corrected chi connectivity index (χ0v) is 11.3. The average Bonchev–Trinajstić information content (AvgIpc) is 2.47. The molecule has 0 aliphatic rings. The molecule has 2 aromatic rings. The molecule has 0 atom stereocenters. The van der Waals surface area contributed by atoms with Gasteiger partial charge in [-0.3, -0.25) is 4.79 Å². The summed E-state index contributed by atoms with van der Waals surface area (Å²) in [4.78, 5) is 12.5. The van der Waals surface area contributed by atoms with Gasteiger partial charge in [0.05, 0.1) is 19.8 Å². The first kappa shape index (κ1) is 13.1. The van der Waals surface area contributed by atoms with E-state index < -0.39 is 0 Å². The minimum absolute atomic E-state index is 0.0734. The molecule has 2 rings (SSSR count). The lowest BCUT2D eigenvalue weighted by atomic mass is 10.0. The van der Waals surface area contributed by atoms with Gasteiger partial charge in [0, 0.05) is 5.56 Å². The van der Waals surface area contributed by atoms with Crippen LogP contribution in [0.2, 0.25) is 0 Å². The zero-order valence-electron chi connectivity index (χ0n) is 11.3. The van der Waals surface area contributed by atoms with Crippen LogP contribution in [0.15, 0.2) is 42.5 Å². The largest absolute Gasteiger partial charge is 0.496 e. The van der Waals surface area contributed by atoms with E-state index in [4.69, 9.17) is 9.47 Å². The maximum Gasteiger partial charge on any atom is 0.196 e. The quantitative estimate of drug-likeness (QED) is 0.788. The third kappa shape index (κ3) is 2.60. The summed E-state index contributed by atoms with van der Waals surface area (Å²) in [5, 5.41) is 0. The van der Waals surface area contributed by atoms with Crippen LogP contribution >= 0.6 is 0 Å². The van der Waals surface area contributed by atoms with E-state index in [1.165, 1.54) is 0 Å². The van der Waals surface area contributed by atoms with E-state index >= 15 is 0 Å². The van der Waals surface area contributed by atoms with Gasteiger partial charge < -0.3 is 9.47 Å². The van der Waals surface area contributed by atoms with E-state index in [-0.39, 0.29) is 5.78 Å². The number of rotatable bonds is 4. The van der Waals surface area contributed by atoms with Gasteiger partial charge >= 0.3 is 0 Å². The highest BCUT2D eigenvalue weighted by molar-refractivity contribution is 6.10. The highest BCUT2D eigenvalue weighted by atomic mass is 16.5. The zero-order chi connectivity index (χ0) is 13.8. The van der Waals surface area contributed by atoms with Crippen molar-refractivity contribution in [3.63, 3.8) is 0 Å². The van der Waals surface area contributed by atoms with Crippen molar-refractivity contribution in [2.75, 3.05) is 14.2 Å². The van der Waals surface area contributed by atoms with Gasteiger partial charge in [-0.25, -0.2) is 0 Å². The van der Waals surface area contributed by atoms with Gasteiger partial charge in [0.15, 0.2) is 5.78 Å². The van der Waals surface area contributed by atoms with Crippen LogP contribution in [-0.4, -0.2) is 20.0 Å². The molecule has 0 bridgehead atoms. The maximum absolute atomic E-state index is 12.5. The molecule has 98 valence electrons. The maximum atomic E-state index is 12.5. The van der Waals surface area contributed by atoms with Crippen LogP contribution < -0.4 is 9.47 Å². The number of ether oxygens (including phenoxy) is 2. The SMILES string of the molecule is COc1cc(C(=O)c2ccccc2OC)ccc1C. The number of ketones is 1.